The first kappa shape index (κ1) is 12.0. The molecule has 1 N–H and O–H groups in total. The average molecular weight is 218 g/mol. The molecule has 0 aliphatic carbocycles. The quantitative estimate of drug-likeness (QED) is 0.823. The summed E-state index contributed by atoms with van der Waals surface area (Å²) in [4.78, 5) is 0. The number of hydrogen-bond donors (Lipinski definition) is 1. The van der Waals surface area contributed by atoms with Gasteiger partial charge in [0.25, 0.3) is 0 Å². The highest BCUT2D eigenvalue weighted by Gasteiger charge is 2.31. The van der Waals surface area contributed by atoms with Crippen LogP contribution in [-0.2, 0) is 6.42 Å². The van der Waals surface area contributed by atoms with E-state index in [9.17, 15) is 13.2 Å². The van der Waals surface area contributed by atoms with Crippen molar-refractivity contribution in [3.8, 4) is 0 Å². The van der Waals surface area contributed by atoms with Crippen molar-refractivity contribution in [2.24, 2.45) is 5.92 Å². The Morgan fingerprint density at radius 1 is 1.13 bits per heavy atom. The van der Waals surface area contributed by atoms with Crippen molar-refractivity contribution in [2.45, 2.75) is 19.0 Å². The second-order valence-electron chi connectivity index (χ2n) is 3.56. The van der Waals surface area contributed by atoms with Gasteiger partial charge in [-0.05, 0) is 17.9 Å². The molecular weight excluding hydrogens is 205 g/mol. The van der Waals surface area contributed by atoms with Crippen LogP contribution in [0.25, 0.3) is 0 Å². The van der Waals surface area contributed by atoms with Crippen LogP contribution in [0, 0.1) is 5.92 Å². The molecule has 1 atom stereocenters. The number of hydrogen-bond acceptors (Lipinski definition) is 1. The standard InChI is InChI=1S/C11H13F3O/c12-11(13,14)7-10(8-15)6-9-4-2-1-3-5-9/h1-5,10,15H,6-8H2/t10-/m1/s1. The van der Waals surface area contributed by atoms with Gasteiger partial charge < -0.3 is 5.11 Å². The van der Waals surface area contributed by atoms with Crippen LogP contribution in [0.3, 0.4) is 0 Å². The van der Waals surface area contributed by atoms with Crippen molar-refractivity contribution in [1.82, 2.24) is 0 Å². The summed E-state index contributed by atoms with van der Waals surface area (Å²) in [5, 5.41) is 8.85. The van der Waals surface area contributed by atoms with Crippen molar-refractivity contribution >= 4 is 0 Å². The van der Waals surface area contributed by atoms with E-state index < -0.39 is 25.1 Å². The van der Waals surface area contributed by atoms with E-state index in [2.05, 4.69) is 0 Å². The van der Waals surface area contributed by atoms with Crippen LogP contribution in [0.5, 0.6) is 0 Å². The van der Waals surface area contributed by atoms with Gasteiger partial charge in [-0.25, -0.2) is 0 Å². The molecule has 15 heavy (non-hydrogen) atoms. The van der Waals surface area contributed by atoms with Crippen LogP contribution in [0.4, 0.5) is 13.2 Å². The van der Waals surface area contributed by atoms with E-state index in [1.165, 1.54) is 0 Å². The Balaban J connectivity index is 2.55. The fraction of sp³-hybridized carbons (Fsp3) is 0.455. The lowest BCUT2D eigenvalue weighted by atomic mass is 9.97. The Labute approximate surface area is 86.5 Å². The molecule has 0 saturated heterocycles. The van der Waals surface area contributed by atoms with E-state index in [1.54, 1.807) is 30.3 Å². The minimum absolute atomic E-state index is 0.261. The van der Waals surface area contributed by atoms with E-state index in [1.807, 2.05) is 0 Å². The first-order valence-electron chi connectivity index (χ1n) is 4.73. The number of rotatable bonds is 4. The van der Waals surface area contributed by atoms with E-state index in [4.69, 9.17) is 5.11 Å². The topological polar surface area (TPSA) is 20.2 Å². The molecule has 0 aliphatic rings. The predicted octanol–water partition coefficient (Wildman–Crippen LogP) is 2.79. The van der Waals surface area contributed by atoms with E-state index in [-0.39, 0.29) is 6.42 Å². The first-order chi connectivity index (χ1) is 7.01. The summed E-state index contributed by atoms with van der Waals surface area (Å²) < 4.78 is 36.3. The minimum Gasteiger partial charge on any atom is -0.396 e. The van der Waals surface area contributed by atoms with Gasteiger partial charge in [-0.15, -0.1) is 0 Å². The molecule has 1 rings (SSSR count). The fourth-order valence-corrected chi connectivity index (χ4v) is 1.48. The maximum Gasteiger partial charge on any atom is 0.389 e. The second kappa shape index (κ2) is 5.16. The first-order valence-corrected chi connectivity index (χ1v) is 4.73. The van der Waals surface area contributed by atoms with Gasteiger partial charge in [-0.3, -0.25) is 0 Å². The lowest BCUT2D eigenvalue weighted by Gasteiger charge is -2.16. The molecule has 0 radical (unpaired) electrons. The van der Waals surface area contributed by atoms with Crippen LogP contribution in [0.1, 0.15) is 12.0 Å². The molecule has 0 fully saturated rings. The molecule has 0 bridgehead atoms. The Morgan fingerprint density at radius 3 is 2.20 bits per heavy atom. The third kappa shape index (κ3) is 4.83. The summed E-state index contributed by atoms with van der Waals surface area (Å²) in [7, 11) is 0. The lowest BCUT2D eigenvalue weighted by Crippen LogP contribution is -2.19. The summed E-state index contributed by atoms with van der Waals surface area (Å²) in [6.07, 6.45) is -4.88. The highest BCUT2D eigenvalue weighted by Crippen LogP contribution is 2.26. The zero-order valence-corrected chi connectivity index (χ0v) is 8.17. The Hall–Kier alpha value is -1.03. The molecule has 0 aromatic heterocycles. The highest BCUT2D eigenvalue weighted by atomic mass is 19.4. The van der Waals surface area contributed by atoms with Crippen LogP contribution >= 0.6 is 0 Å². The summed E-state index contributed by atoms with van der Waals surface area (Å²) in [5.41, 5.74) is 0.820. The Morgan fingerprint density at radius 2 is 1.73 bits per heavy atom. The van der Waals surface area contributed by atoms with E-state index >= 15 is 0 Å². The Kier molecular flexibility index (Phi) is 4.15. The van der Waals surface area contributed by atoms with Gasteiger partial charge in [0.2, 0.25) is 0 Å². The van der Waals surface area contributed by atoms with Crippen molar-refractivity contribution in [1.29, 1.82) is 0 Å². The Bertz CT molecular complexity index is 282. The molecule has 84 valence electrons. The molecular formula is C11H13F3O. The van der Waals surface area contributed by atoms with Crippen molar-refractivity contribution in [2.75, 3.05) is 6.61 Å². The molecule has 1 aromatic carbocycles. The molecule has 1 aromatic rings. The van der Waals surface area contributed by atoms with Gasteiger partial charge in [-0.2, -0.15) is 13.2 Å². The minimum atomic E-state index is -4.21. The summed E-state index contributed by atoms with van der Waals surface area (Å²) in [6, 6.07) is 8.88. The molecule has 1 nitrogen and oxygen atoms in total. The normalized spacial score (nSPS) is 13.9. The van der Waals surface area contributed by atoms with Crippen LogP contribution in [0.2, 0.25) is 0 Å². The van der Waals surface area contributed by atoms with Gasteiger partial charge >= 0.3 is 6.18 Å². The number of alkyl halides is 3. The summed E-state index contributed by atoms with van der Waals surface area (Å²) in [5.74, 6) is -0.743. The van der Waals surface area contributed by atoms with E-state index in [0.717, 1.165) is 5.56 Å². The van der Waals surface area contributed by atoms with Crippen LogP contribution in [-0.4, -0.2) is 17.9 Å². The fourth-order valence-electron chi connectivity index (χ4n) is 1.48. The smallest absolute Gasteiger partial charge is 0.389 e. The van der Waals surface area contributed by atoms with Crippen LogP contribution < -0.4 is 0 Å². The lowest BCUT2D eigenvalue weighted by molar-refractivity contribution is -0.147. The molecule has 0 unspecified atom stereocenters. The van der Waals surface area contributed by atoms with Crippen molar-refractivity contribution < 1.29 is 18.3 Å². The number of aliphatic hydroxyl groups is 1. The van der Waals surface area contributed by atoms with Gasteiger partial charge in [0.1, 0.15) is 0 Å². The molecule has 0 spiro atoms. The van der Waals surface area contributed by atoms with Gasteiger partial charge in [0, 0.05) is 13.0 Å². The summed E-state index contributed by atoms with van der Waals surface area (Å²) >= 11 is 0. The predicted molar refractivity (Wildman–Crippen MR) is 51.4 cm³/mol. The van der Waals surface area contributed by atoms with E-state index in [0.29, 0.717) is 0 Å². The molecule has 0 heterocycles. The summed E-state index contributed by atoms with van der Waals surface area (Å²) in [6.45, 7) is -0.436. The molecule has 0 amide bonds. The van der Waals surface area contributed by atoms with Gasteiger partial charge in [0.15, 0.2) is 0 Å². The number of halogens is 3. The average Bonchev–Trinajstić information content (AvgIpc) is 2.16. The zero-order chi connectivity index (χ0) is 11.3. The molecule has 4 heteroatoms. The van der Waals surface area contributed by atoms with Crippen LogP contribution in [0.15, 0.2) is 30.3 Å². The van der Waals surface area contributed by atoms with Crippen molar-refractivity contribution in [3.63, 3.8) is 0 Å². The van der Waals surface area contributed by atoms with Gasteiger partial charge in [0.05, 0.1) is 0 Å². The third-order valence-corrected chi connectivity index (χ3v) is 2.15. The zero-order valence-electron chi connectivity index (χ0n) is 8.17. The highest BCUT2D eigenvalue weighted by molar-refractivity contribution is 5.15. The maximum absolute atomic E-state index is 12.1. The molecule has 0 aliphatic heterocycles. The third-order valence-electron chi connectivity index (χ3n) is 2.15. The second-order valence-corrected chi connectivity index (χ2v) is 3.56. The van der Waals surface area contributed by atoms with Crippen molar-refractivity contribution in [3.05, 3.63) is 35.9 Å². The maximum atomic E-state index is 12.1. The monoisotopic (exact) mass is 218 g/mol. The molecule has 0 saturated carbocycles. The van der Waals surface area contributed by atoms with Gasteiger partial charge in [-0.1, -0.05) is 30.3 Å². The number of benzene rings is 1. The largest absolute Gasteiger partial charge is 0.396 e. The SMILES string of the molecule is OC[C@H](Cc1ccccc1)CC(F)(F)F. The number of aliphatic hydroxyl groups excluding tert-OH is 1.